The van der Waals surface area contributed by atoms with Crippen LogP contribution in [0.25, 0.3) is 0 Å². The topological polar surface area (TPSA) is 43.1 Å². The summed E-state index contributed by atoms with van der Waals surface area (Å²) in [6.45, 7) is 0. The fourth-order valence-corrected chi connectivity index (χ4v) is 2.64. The summed E-state index contributed by atoms with van der Waals surface area (Å²) < 4.78 is 14.1. The van der Waals surface area contributed by atoms with E-state index in [0.717, 1.165) is 11.8 Å². The van der Waals surface area contributed by atoms with Gasteiger partial charge in [0.25, 0.3) is 5.69 Å². The van der Waals surface area contributed by atoms with Crippen molar-refractivity contribution in [2.45, 2.75) is 9.79 Å². The average molecular weight is 328 g/mol. The Morgan fingerprint density at radius 1 is 1.17 bits per heavy atom. The Hall–Kier alpha value is -1.40. The van der Waals surface area contributed by atoms with Gasteiger partial charge in [-0.05, 0) is 24.3 Å². The molecule has 0 unspecified atom stereocenters. The van der Waals surface area contributed by atoms with Crippen LogP contribution in [0, 0.1) is 15.9 Å². The molecule has 0 heterocycles. The maximum atomic E-state index is 13.5. The summed E-state index contributed by atoms with van der Waals surface area (Å²) >= 11 is 4.22. The monoisotopic (exact) mass is 327 g/mol. The van der Waals surface area contributed by atoms with Gasteiger partial charge in [0.1, 0.15) is 5.82 Å². The largest absolute Gasteiger partial charge is 0.284 e. The van der Waals surface area contributed by atoms with Crippen LogP contribution in [0.5, 0.6) is 0 Å². The molecule has 0 atom stereocenters. The first-order chi connectivity index (χ1) is 8.58. The van der Waals surface area contributed by atoms with Crippen molar-refractivity contribution in [1.29, 1.82) is 0 Å². The van der Waals surface area contributed by atoms with Crippen molar-refractivity contribution < 1.29 is 9.31 Å². The maximum Gasteiger partial charge on any atom is 0.284 e. The molecule has 0 radical (unpaired) electrons. The molecular weight excluding hydrogens is 321 g/mol. The number of benzene rings is 2. The highest BCUT2D eigenvalue weighted by Crippen LogP contribution is 2.37. The summed E-state index contributed by atoms with van der Waals surface area (Å²) in [5, 5.41) is 10.9. The number of hydrogen-bond donors (Lipinski definition) is 0. The Kier molecular flexibility index (Phi) is 3.98. The van der Waals surface area contributed by atoms with Crippen LogP contribution in [-0.4, -0.2) is 4.92 Å². The first-order valence-corrected chi connectivity index (χ1v) is 6.55. The van der Waals surface area contributed by atoms with E-state index in [4.69, 9.17) is 0 Å². The van der Waals surface area contributed by atoms with Gasteiger partial charge in [0, 0.05) is 15.4 Å². The van der Waals surface area contributed by atoms with Crippen LogP contribution in [0.1, 0.15) is 0 Å². The van der Waals surface area contributed by atoms with E-state index in [1.54, 1.807) is 30.3 Å². The van der Waals surface area contributed by atoms with E-state index in [0.29, 0.717) is 14.3 Å². The Labute approximate surface area is 115 Å². The van der Waals surface area contributed by atoms with Crippen LogP contribution >= 0.6 is 27.7 Å². The maximum absolute atomic E-state index is 13.5. The van der Waals surface area contributed by atoms with E-state index in [1.165, 1.54) is 12.1 Å². The molecule has 6 heteroatoms. The molecule has 3 nitrogen and oxygen atoms in total. The number of rotatable bonds is 3. The molecular formula is C12H7BrFNO2S. The predicted octanol–water partition coefficient (Wildman–Crippen LogP) is 4.65. The molecule has 0 aliphatic carbocycles. The molecule has 0 amide bonds. The lowest BCUT2D eigenvalue weighted by Gasteiger charge is -2.04. The van der Waals surface area contributed by atoms with Gasteiger partial charge in [-0.1, -0.05) is 39.8 Å². The number of nitrogens with zero attached hydrogens (tertiary/aromatic N) is 1. The summed E-state index contributed by atoms with van der Waals surface area (Å²) in [4.78, 5) is 11.2. The lowest BCUT2D eigenvalue weighted by molar-refractivity contribution is -0.387. The Balaban J connectivity index is 2.41. The van der Waals surface area contributed by atoms with Gasteiger partial charge in [-0.3, -0.25) is 10.1 Å². The first-order valence-electron chi connectivity index (χ1n) is 4.94. The SMILES string of the molecule is O=[N+]([O-])c1cc(Br)ccc1Sc1ccccc1F. The quantitative estimate of drug-likeness (QED) is 0.608. The second-order valence-electron chi connectivity index (χ2n) is 3.40. The van der Waals surface area contributed by atoms with Gasteiger partial charge in [0.2, 0.25) is 0 Å². The van der Waals surface area contributed by atoms with Gasteiger partial charge in [0.05, 0.1) is 9.82 Å². The predicted molar refractivity (Wildman–Crippen MR) is 71.3 cm³/mol. The molecule has 2 aromatic carbocycles. The van der Waals surface area contributed by atoms with E-state index in [-0.39, 0.29) is 11.5 Å². The fraction of sp³-hybridized carbons (Fsp3) is 0. The van der Waals surface area contributed by atoms with Crippen LogP contribution < -0.4 is 0 Å². The zero-order chi connectivity index (χ0) is 13.1. The second-order valence-corrected chi connectivity index (χ2v) is 5.40. The Bertz CT molecular complexity index is 606. The van der Waals surface area contributed by atoms with Gasteiger partial charge in [-0.2, -0.15) is 0 Å². The van der Waals surface area contributed by atoms with Crippen LogP contribution in [0.2, 0.25) is 0 Å². The van der Waals surface area contributed by atoms with Crippen LogP contribution in [0.4, 0.5) is 10.1 Å². The van der Waals surface area contributed by atoms with Crippen molar-refractivity contribution in [1.82, 2.24) is 0 Å². The molecule has 92 valence electrons. The highest BCUT2D eigenvalue weighted by atomic mass is 79.9. The van der Waals surface area contributed by atoms with Gasteiger partial charge in [-0.25, -0.2) is 4.39 Å². The summed E-state index contributed by atoms with van der Waals surface area (Å²) in [6, 6.07) is 10.9. The molecule has 0 aromatic heterocycles. The van der Waals surface area contributed by atoms with Gasteiger partial charge in [-0.15, -0.1) is 0 Å². The molecule has 0 N–H and O–H groups in total. The molecule has 0 fully saturated rings. The molecule has 0 saturated carbocycles. The normalized spacial score (nSPS) is 10.3. The van der Waals surface area contributed by atoms with Crippen molar-refractivity contribution in [3.63, 3.8) is 0 Å². The summed E-state index contributed by atoms with van der Waals surface area (Å²) in [7, 11) is 0. The number of hydrogen-bond acceptors (Lipinski definition) is 3. The van der Waals surface area contributed by atoms with Crippen molar-refractivity contribution in [3.8, 4) is 0 Å². The zero-order valence-electron chi connectivity index (χ0n) is 8.97. The minimum Gasteiger partial charge on any atom is -0.258 e. The summed E-state index contributed by atoms with van der Waals surface area (Å²) in [6.07, 6.45) is 0. The number of nitro benzene ring substituents is 1. The lowest BCUT2D eigenvalue weighted by Crippen LogP contribution is -1.91. The van der Waals surface area contributed by atoms with Crippen LogP contribution in [0.3, 0.4) is 0 Å². The minimum absolute atomic E-state index is 0.0439. The van der Waals surface area contributed by atoms with E-state index < -0.39 is 4.92 Å². The van der Waals surface area contributed by atoms with E-state index >= 15 is 0 Å². The molecule has 0 aliphatic heterocycles. The van der Waals surface area contributed by atoms with E-state index in [9.17, 15) is 14.5 Å². The van der Waals surface area contributed by atoms with Gasteiger partial charge < -0.3 is 0 Å². The third kappa shape index (κ3) is 2.88. The van der Waals surface area contributed by atoms with Crippen molar-refractivity contribution in [2.75, 3.05) is 0 Å². The van der Waals surface area contributed by atoms with Crippen molar-refractivity contribution >= 4 is 33.4 Å². The highest BCUT2D eigenvalue weighted by molar-refractivity contribution is 9.10. The highest BCUT2D eigenvalue weighted by Gasteiger charge is 2.16. The molecule has 2 aromatic rings. The third-order valence-corrected chi connectivity index (χ3v) is 3.78. The molecule has 0 saturated heterocycles. The fourth-order valence-electron chi connectivity index (χ4n) is 1.37. The van der Waals surface area contributed by atoms with Gasteiger partial charge in [0.15, 0.2) is 0 Å². The molecule has 0 spiro atoms. The van der Waals surface area contributed by atoms with Crippen LogP contribution in [0.15, 0.2) is 56.7 Å². The second kappa shape index (κ2) is 5.49. The van der Waals surface area contributed by atoms with Crippen LogP contribution in [-0.2, 0) is 0 Å². The summed E-state index contributed by atoms with van der Waals surface area (Å²) in [5.41, 5.74) is -0.0439. The standard InChI is InChI=1S/C12H7BrFNO2S/c13-8-5-6-12(10(7-8)15(16)17)18-11-4-2-1-3-9(11)14/h1-7H. The molecule has 0 bridgehead atoms. The smallest absolute Gasteiger partial charge is 0.258 e. The van der Waals surface area contributed by atoms with Gasteiger partial charge >= 0.3 is 0 Å². The van der Waals surface area contributed by atoms with Crippen molar-refractivity contribution in [3.05, 3.63) is 62.9 Å². The third-order valence-electron chi connectivity index (χ3n) is 2.17. The molecule has 0 aliphatic rings. The van der Waals surface area contributed by atoms with E-state index in [1.807, 2.05) is 0 Å². The molecule has 2 rings (SSSR count). The zero-order valence-corrected chi connectivity index (χ0v) is 11.4. The lowest BCUT2D eigenvalue weighted by atomic mass is 10.3. The first kappa shape index (κ1) is 13.0. The Morgan fingerprint density at radius 3 is 2.56 bits per heavy atom. The minimum atomic E-state index is -0.478. The summed E-state index contributed by atoms with van der Waals surface area (Å²) in [5.74, 6) is -0.389. The van der Waals surface area contributed by atoms with Crippen molar-refractivity contribution in [2.24, 2.45) is 0 Å². The number of nitro groups is 1. The Morgan fingerprint density at radius 2 is 1.89 bits per heavy atom. The van der Waals surface area contributed by atoms with E-state index in [2.05, 4.69) is 15.9 Å². The number of halogens is 2. The average Bonchev–Trinajstić information content (AvgIpc) is 2.34. The molecule has 18 heavy (non-hydrogen) atoms.